The van der Waals surface area contributed by atoms with E-state index in [2.05, 4.69) is 15.4 Å². The minimum atomic E-state index is -1.59. The van der Waals surface area contributed by atoms with Crippen molar-refractivity contribution in [2.45, 2.75) is 25.7 Å². The molecule has 1 heterocycles. The van der Waals surface area contributed by atoms with Gasteiger partial charge in [0.05, 0.1) is 6.21 Å². The fourth-order valence-electron chi connectivity index (χ4n) is 1.39. The number of benzene rings is 1. The molecule has 0 fully saturated rings. The van der Waals surface area contributed by atoms with Crippen molar-refractivity contribution in [3.8, 4) is 0 Å². The zero-order valence-corrected chi connectivity index (χ0v) is 10.5. The summed E-state index contributed by atoms with van der Waals surface area (Å²) in [4.78, 5) is 5.14. The first-order valence-corrected chi connectivity index (χ1v) is 5.51. The van der Waals surface area contributed by atoms with Crippen LogP contribution in [0.3, 0.4) is 0 Å². The Hall–Kier alpha value is -1.79. The zero-order valence-electron chi connectivity index (χ0n) is 10.5. The van der Waals surface area contributed by atoms with Crippen LogP contribution in [0.4, 0.5) is 0 Å². The van der Waals surface area contributed by atoms with Gasteiger partial charge in [0.15, 0.2) is 5.72 Å². The van der Waals surface area contributed by atoms with Crippen molar-refractivity contribution in [3.63, 3.8) is 0 Å². The van der Waals surface area contributed by atoms with E-state index in [1.807, 2.05) is 30.3 Å². The molecule has 0 spiro atoms. The summed E-state index contributed by atoms with van der Waals surface area (Å²) >= 11 is 0. The number of oxime groups is 1. The highest BCUT2D eigenvalue weighted by atomic mass is 16.9. The van der Waals surface area contributed by atoms with Gasteiger partial charge in [-0.25, -0.2) is 0 Å². The van der Waals surface area contributed by atoms with Gasteiger partial charge in [-0.1, -0.05) is 40.6 Å². The van der Waals surface area contributed by atoms with Crippen molar-refractivity contribution in [1.82, 2.24) is 0 Å². The molecule has 0 bridgehead atoms. The average molecular weight is 249 g/mol. The third-order valence-corrected chi connectivity index (χ3v) is 2.22. The van der Waals surface area contributed by atoms with Crippen LogP contribution in [0.25, 0.3) is 0 Å². The third-order valence-electron chi connectivity index (χ3n) is 2.22. The van der Waals surface area contributed by atoms with Gasteiger partial charge in [0.1, 0.15) is 0 Å². The molecule has 1 aliphatic heterocycles. The SMILES string of the molecule is COC1(O/N=C\c2ccccc2)N=NC(C)(C)O1. The topological polar surface area (TPSA) is 64.8 Å². The first-order valence-electron chi connectivity index (χ1n) is 5.51. The summed E-state index contributed by atoms with van der Waals surface area (Å²) in [5.74, 6) is 0. The maximum Gasteiger partial charge on any atom is 0.481 e. The zero-order chi connectivity index (χ0) is 13.1. The summed E-state index contributed by atoms with van der Waals surface area (Å²) in [6, 6.07) is 9.52. The summed E-state index contributed by atoms with van der Waals surface area (Å²) in [6.45, 7) is 3.50. The molecule has 18 heavy (non-hydrogen) atoms. The molecule has 1 atom stereocenters. The van der Waals surface area contributed by atoms with Crippen LogP contribution >= 0.6 is 0 Å². The molecule has 96 valence electrons. The van der Waals surface area contributed by atoms with Crippen LogP contribution in [-0.4, -0.2) is 25.1 Å². The van der Waals surface area contributed by atoms with Crippen LogP contribution < -0.4 is 0 Å². The monoisotopic (exact) mass is 249 g/mol. The van der Waals surface area contributed by atoms with E-state index in [-0.39, 0.29) is 0 Å². The molecule has 2 rings (SSSR count). The minimum absolute atomic E-state index is 0.779. The maximum absolute atomic E-state index is 5.43. The third kappa shape index (κ3) is 2.91. The number of hydrogen-bond acceptors (Lipinski definition) is 6. The Morgan fingerprint density at radius 3 is 2.50 bits per heavy atom. The number of hydrogen-bond donors (Lipinski definition) is 0. The molecule has 1 aromatic rings. The average Bonchev–Trinajstić information content (AvgIpc) is 2.67. The van der Waals surface area contributed by atoms with E-state index in [0.29, 0.717) is 0 Å². The van der Waals surface area contributed by atoms with Gasteiger partial charge >= 0.3 is 6.10 Å². The lowest BCUT2D eigenvalue weighted by Crippen LogP contribution is -2.36. The van der Waals surface area contributed by atoms with E-state index in [0.717, 1.165) is 5.56 Å². The van der Waals surface area contributed by atoms with Crippen molar-refractivity contribution in [2.75, 3.05) is 7.11 Å². The van der Waals surface area contributed by atoms with Gasteiger partial charge in [0.2, 0.25) is 0 Å². The molecule has 0 saturated carbocycles. The van der Waals surface area contributed by atoms with Gasteiger partial charge in [-0.05, 0) is 19.4 Å². The summed E-state index contributed by atoms with van der Waals surface area (Å²) in [6.07, 6.45) is -0.0419. The molecule has 1 unspecified atom stereocenters. The van der Waals surface area contributed by atoms with E-state index >= 15 is 0 Å². The molecule has 0 radical (unpaired) electrons. The smallest absolute Gasteiger partial charge is 0.308 e. The fourth-order valence-corrected chi connectivity index (χ4v) is 1.39. The van der Waals surface area contributed by atoms with Gasteiger partial charge in [-0.2, -0.15) is 0 Å². The minimum Gasteiger partial charge on any atom is -0.308 e. The van der Waals surface area contributed by atoms with E-state index < -0.39 is 11.8 Å². The van der Waals surface area contributed by atoms with Crippen molar-refractivity contribution in [3.05, 3.63) is 35.9 Å². The molecule has 0 saturated heterocycles. The lowest BCUT2D eigenvalue weighted by Gasteiger charge is -2.22. The van der Waals surface area contributed by atoms with Crippen molar-refractivity contribution in [2.24, 2.45) is 15.4 Å². The second-order valence-corrected chi connectivity index (χ2v) is 4.21. The Balaban J connectivity index is 2.01. The largest absolute Gasteiger partial charge is 0.481 e. The normalized spacial score (nSPS) is 25.7. The highest BCUT2D eigenvalue weighted by Crippen LogP contribution is 2.33. The van der Waals surface area contributed by atoms with Gasteiger partial charge < -0.3 is 4.84 Å². The first kappa shape index (κ1) is 12.7. The summed E-state index contributed by atoms with van der Waals surface area (Å²) < 4.78 is 10.5. The molecule has 0 amide bonds. The fraction of sp³-hybridized carbons (Fsp3) is 0.417. The standard InChI is InChI=1S/C12H15N3O3/c1-11(2)14-15-12(16-3,17-11)18-13-9-10-7-5-4-6-8-10/h4-9H,1-3H3/b13-9-. The van der Waals surface area contributed by atoms with Crippen LogP contribution in [0.15, 0.2) is 45.7 Å². The van der Waals surface area contributed by atoms with Gasteiger partial charge in [0, 0.05) is 7.11 Å². The molecule has 1 aliphatic rings. The molecular weight excluding hydrogens is 234 g/mol. The van der Waals surface area contributed by atoms with Gasteiger partial charge in [-0.15, -0.1) is 5.11 Å². The van der Waals surface area contributed by atoms with Gasteiger partial charge in [-0.3, -0.25) is 9.47 Å². The van der Waals surface area contributed by atoms with Crippen LogP contribution in [0, 0.1) is 0 Å². The lowest BCUT2D eigenvalue weighted by molar-refractivity contribution is -0.376. The van der Waals surface area contributed by atoms with Crippen molar-refractivity contribution >= 4 is 6.21 Å². The second kappa shape index (κ2) is 4.83. The molecule has 0 N–H and O–H groups in total. The van der Waals surface area contributed by atoms with Crippen LogP contribution in [0.5, 0.6) is 0 Å². The Labute approximate surface area is 105 Å². The maximum atomic E-state index is 5.43. The Morgan fingerprint density at radius 1 is 1.22 bits per heavy atom. The Kier molecular flexibility index (Phi) is 3.40. The number of ether oxygens (including phenoxy) is 2. The Bertz CT molecular complexity index is 459. The molecule has 0 aliphatic carbocycles. The van der Waals surface area contributed by atoms with Crippen molar-refractivity contribution in [1.29, 1.82) is 0 Å². The molecule has 6 heteroatoms. The van der Waals surface area contributed by atoms with E-state index in [9.17, 15) is 0 Å². The van der Waals surface area contributed by atoms with Crippen LogP contribution in [-0.2, 0) is 14.3 Å². The molecular formula is C12H15N3O3. The van der Waals surface area contributed by atoms with Crippen LogP contribution in [0.1, 0.15) is 19.4 Å². The highest BCUT2D eigenvalue weighted by molar-refractivity contribution is 5.78. The van der Waals surface area contributed by atoms with E-state index in [1.165, 1.54) is 7.11 Å². The summed E-state index contributed by atoms with van der Waals surface area (Å²) in [7, 11) is 1.42. The number of nitrogens with zero attached hydrogens (tertiary/aromatic N) is 3. The van der Waals surface area contributed by atoms with Gasteiger partial charge in [0.25, 0.3) is 0 Å². The molecule has 0 aromatic heterocycles. The lowest BCUT2D eigenvalue weighted by atomic mass is 10.2. The van der Waals surface area contributed by atoms with E-state index in [1.54, 1.807) is 20.1 Å². The van der Waals surface area contributed by atoms with Crippen LogP contribution in [0.2, 0.25) is 0 Å². The number of methoxy groups -OCH3 is 1. The predicted octanol–water partition coefficient (Wildman–Crippen LogP) is 2.51. The Morgan fingerprint density at radius 2 is 1.94 bits per heavy atom. The second-order valence-electron chi connectivity index (χ2n) is 4.21. The molecule has 1 aromatic carbocycles. The number of azo groups is 1. The summed E-state index contributed by atoms with van der Waals surface area (Å²) in [5, 5.41) is 11.5. The quantitative estimate of drug-likeness (QED) is 0.468. The summed E-state index contributed by atoms with van der Waals surface area (Å²) in [5.41, 5.74) is 0.121. The predicted molar refractivity (Wildman–Crippen MR) is 64.9 cm³/mol. The van der Waals surface area contributed by atoms with E-state index in [4.69, 9.17) is 14.3 Å². The highest BCUT2D eigenvalue weighted by Gasteiger charge is 2.47. The first-order chi connectivity index (χ1) is 8.55. The molecule has 6 nitrogen and oxygen atoms in total. The van der Waals surface area contributed by atoms with Crippen molar-refractivity contribution < 1.29 is 14.3 Å². The number of rotatable bonds is 4.